The second-order valence-electron chi connectivity index (χ2n) is 6.40. The highest BCUT2D eigenvalue weighted by molar-refractivity contribution is 6.34. The minimum Gasteiger partial charge on any atom is -0.462 e. The van der Waals surface area contributed by atoms with Crippen LogP contribution in [0.25, 0.3) is 0 Å². The number of hydrogen-bond donors (Lipinski definition) is 0. The van der Waals surface area contributed by atoms with Gasteiger partial charge in [0.25, 0.3) is 0 Å². The van der Waals surface area contributed by atoms with Gasteiger partial charge in [-0.25, -0.2) is 9.69 Å². The van der Waals surface area contributed by atoms with Crippen molar-refractivity contribution in [3.63, 3.8) is 0 Å². The van der Waals surface area contributed by atoms with Crippen LogP contribution in [0.4, 0.5) is 5.69 Å². The van der Waals surface area contributed by atoms with E-state index in [4.69, 9.17) is 16.3 Å². The largest absolute Gasteiger partial charge is 0.462 e. The molecule has 124 valence electrons. The Kier molecular flexibility index (Phi) is 3.49. The summed E-state index contributed by atoms with van der Waals surface area (Å²) in [5.41, 5.74) is 0.543. The van der Waals surface area contributed by atoms with Crippen LogP contribution in [0, 0.1) is 23.7 Å². The number of ether oxygens (including phenoxy) is 1. The summed E-state index contributed by atoms with van der Waals surface area (Å²) in [5, 5.41) is 0.234. The maximum Gasteiger partial charge on any atom is 0.339 e. The first-order valence-electron chi connectivity index (χ1n) is 8.05. The van der Waals surface area contributed by atoms with Gasteiger partial charge in [-0.15, -0.1) is 0 Å². The summed E-state index contributed by atoms with van der Waals surface area (Å²) in [6, 6.07) is 4.58. The van der Waals surface area contributed by atoms with Gasteiger partial charge in [0.05, 0.1) is 34.7 Å². The molecule has 1 heterocycles. The van der Waals surface area contributed by atoms with Crippen molar-refractivity contribution in [1.29, 1.82) is 0 Å². The van der Waals surface area contributed by atoms with Crippen LogP contribution in [-0.2, 0) is 14.3 Å². The van der Waals surface area contributed by atoms with Crippen molar-refractivity contribution < 1.29 is 19.1 Å². The molecule has 2 fully saturated rings. The molecule has 1 aromatic rings. The van der Waals surface area contributed by atoms with Crippen LogP contribution in [0.15, 0.2) is 30.4 Å². The molecule has 24 heavy (non-hydrogen) atoms. The number of carbonyl (C=O) groups excluding carboxylic acids is 3. The number of rotatable bonds is 3. The molecule has 2 aliphatic carbocycles. The summed E-state index contributed by atoms with van der Waals surface area (Å²) in [6.07, 6.45) is 4.98. The third-order valence-corrected chi connectivity index (χ3v) is 5.50. The van der Waals surface area contributed by atoms with Gasteiger partial charge in [0.1, 0.15) is 0 Å². The molecular weight excluding hydrogens is 330 g/mol. The van der Waals surface area contributed by atoms with Gasteiger partial charge in [-0.1, -0.05) is 23.8 Å². The number of anilines is 1. The topological polar surface area (TPSA) is 63.7 Å². The summed E-state index contributed by atoms with van der Waals surface area (Å²) >= 11 is 6.06. The number of carbonyl (C=O) groups is 3. The third-order valence-electron chi connectivity index (χ3n) is 5.17. The fourth-order valence-corrected chi connectivity index (χ4v) is 4.37. The molecule has 5 nitrogen and oxygen atoms in total. The zero-order chi connectivity index (χ0) is 17.0. The van der Waals surface area contributed by atoms with Gasteiger partial charge >= 0.3 is 5.97 Å². The molecule has 2 bridgehead atoms. The minimum atomic E-state index is -0.564. The summed E-state index contributed by atoms with van der Waals surface area (Å²) in [4.78, 5) is 38.8. The first kappa shape index (κ1) is 15.4. The van der Waals surface area contributed by atoms with E-state index in [1.807, 2.05) is 12.2 Å². The second-order valence-corrected chi connectivity index (χ2v) is 6.80. The smallest absolute Gasteiger partial charge is 0.339 e. The van der Waals surface area contributed by atoms with E-state index in [2.05, 4.69) is 0 Å². The minimum absolute atomic E-state index is 0.151. The summed E-state index contributed by atoms with van der Waals surface area (Å²) in [7, 11) is 0. The van der Waals surface area contributed by atoms with Crippen molar-refractivity contribution >= 4 is 35.1 Å². The third kappa shape index (κ3) is 2.04. The van der Waals surface area contributed by atoms with E-state index in [9.17, 15) is 14.4 Å². The molecule has 6 heteroatoms. The number of allylic oxidation sites excluding steroid dienone is 2. The number of imide groups is 1. The summed E-state index contributed by atoms with van der Waals surface area (Å²) in [6.45, 7) is 1.92. The van der Waals surface area contributed by atoms with Gasteiger partial charge in [-0.2, -0.15) is 0 Å². The van der Waals surface area contributed by atoms with Gasteiger partial charge in [-0.05, 0) is 43.4 Å². The lowest BCUT2D eigenvalue weighted by molar-refractivity contribution is -0.123. The zero-order valence-corrected chi connectivity index (χ0v) is 13.8. The van der Waals surface area contributed by atoms with Crippen LogP contribution in [0.3, 0.4) is 0 Å². The van der Waals surface area contributed by atoms with E-state index in [0.717, 1.165) is 6.42 Å². The monoisotopic (exact) mass is 345 g/mol. The zero-order valence-electron chi connectivity index (χ0n) is 13.1. The molecule has 4 rings (SSSR count). The fraction of sp³-hybridized carbons (Fsp3) is 0.389. The summed E-state index contributed by atoms with van der Waals surface area (Å²) in [5.74, 6) is -1.16. The number of benzene rings is 1. The molecule has 2 amide bonds. The van der Waals surface area contributed by atoms with Crippen molar-refractivity contribution in [3.05, 3.63) is 40.9 Å². The summed E-state index contributed by atoms with van der Waals surface area (Å²) < 4.78 is 4.98. The number of esters is 1. The highest BCUT2D eigenvalue weighted by Crippen LogP contribution is 2.53. The maximum atomic E-state index is 12.8. The number of amides is 2. The highest BCUT2D eigenvalue weighted by Gasteiger charge is 2.59. The van der Waals surface area contributed by atoms with Gasteiger partial charge in [0, 0.05) is 0 Å². The molecular formula is C18H16ClNO4. The Labute approximate surface area is 144 Å². The predicted octanol–water partition coefficient (Wildman–Crippen LogP) is 2.83. The van der Waals surface area contributed by atoms with Crippen molar-refractivity contribution in [3.8, 4) is 0 Å². The highest BCUT2D eigenvalue weighted by atomic mass is 35.5. The van der Waals surface area contributed by atoms with E-state index < -0.39 is 5.97 Å². The normalized spacial score (nSPS) is 30.2. The predicted molar refractivity (Wildman–Crippen MR) is 87.6 cm³/mol. The maximum absolute atomic E-state index is 12.8. The van der Waals surface area contributed by atoms with Crippen LogP contribution in [-0.4, -0.2) is 24.4 Å². The fourth-order valence-electron chi connectivity index (χ4n) is 4.17. The average Bonchev–Trinajstić information content (AvgIpc) is 3.23. The van der Waals surface area contributed by atoms with Crippen LogP contribution >= 0.6 is 11.6 Å². The van der Waals surface area contributed by atoms with E-state index in [1.54, 1.807) is 13.0 Å². The van der Waals surface area contributed by atoms with Crippen molar-refractivity contribution in [1.82, 2.24) is 0 Å². The van der Waals surface area contributed by atoms with Gasteiger partial charge in [-0.3, -0.25) is 9.59 Å². The SMILES string of the molecule is CCOC(=O)c1cc(N2C(=O)[C@@H]3[C@H](C2=O)[C@@H]2C=C[C@H]3C2)ccc1Cl. The molecule has 3 aliphatic rings. The Morgan fingerprint density at radius 1 is 1.21 bits per heavy atom. The number of nitrogens with zero attached hydrogens (tertiary/aromatic N) is 1. The van der Waals surface area contributed by atoms with Gasteiger partial charge in [0.15, 0.2) is 0 Å². The molecule has 1 aromatic carbocycles. The standard InChI is InChI=1S/C18H16ClNO4/c1-2-24-18(23)12-8-11(5-6-13(12)19)20-16(21)14-9-3-4-10(7-9)15(14)17(20)22/h3-6,8-10,14-15H,2,7H2,1H3/t9-,10+,14-,15+. The van der Waals surface area contributed by atoms with E-state index >= 15 is 0 Å². The second kappa shape index (κ2) is 5.45. The Bertz CT molecular complexity index is 757. The van der Waals surface area contributed by atoms with Crippen LogP contribution < -0.4 is 4.90 Å². The van der Waals surface area contributed by atoms with Crippen LogP contribution in [0.5, 0.6) is 0 Å². The average molecular weight is 346 g/mol. The van der Waals surface area contributed by atoms with Crippen LogP contribution in [0.1, 0.15) is 23.7 Å². The number of fused-ring (bicyclic) bond motifs is 5. The lowest BCUT2D eigenvalue weighted by atomic mass is 9.85. The molecule has 1 saturated heterocycles. The number of halogens is 1. The molecule has 0 N–H and O–H groups in total. The molecule has 0 radical (unpaired) electrons. The lowest BCUT2D eigenvalue weighted by Gasteiger charge is -2.18. The Hall–Kier alpha value is -2.14. The molecule has 4 atom stereocenters. The van der Waals surface area contributed by atoms with Crippen molar-refractivity contribution in [2.75, 3.05) is 11.5 Å². The van der Waals surface area contributed by atoms with E-state index in [0.29, 0.717) is 5.69 Å². The van der Waals surface area contributed by atoms with Crippen LogP contribution in [0.2, 0.25) is 5.02 Å². The number of hydrogen-bond acceptors (Lipinski definition) is 4. The Morgan fingerprint density at radius 2 is 1.83 bits per heavy atom. The Morgan fingerprint density at radius 3 is 2.42 bits per heavy atom. The lowest BCUT2D eigenvalue weighted by Crippen LogP contribution is -2.33. The first-order valence-corrected chi connectivity index (χ1v) is 8.43. The van der Waals surface area contributed by atoms with Crippen molar-refractivity contribution in [2.45, 2.75) is 13.3 Å². The molecule has 0 aromatic heterocycles. The van der Waals surface area contributed by atoms with Gasteiger partial charge < -0.3 is 4.74 Å². The van der Waals surface area contributed by atoms with E-state index in [-0.39, 0.29) is 52.7 Å². The van der Waals surface area contributed by atoms with E-state index in [1.165, 1.54) is 17.0 Å². The molecule has 1 saturated carbocycles. The quantitative estimate of drug-likeness (QED) is 0.480. The molecule has 0 unspecified atom stereocenters. The molecule has 1 aliphatic heterocycles. The molecule has 0 spiro atoms. The first-order chi connectivity index (χ1) is 11.5. The van der Waals surface area contributed by atoms with Gasteiger partial charge in [0.2, 0.25) is 11.8 Å². The Balaban J connectivity index is 1.70. The van der Waals surface area contributed by atoms with Crippen molar-refractivity contribution in [2.24, 2.45) is 23.7 Å².